The van der Waals surface area contributed by atoms with E-state index in [4.69, 9.17) is 9.15 Å². The summed E-state index contributed by atoms with van der Waals surface area (Å²) in [7, 11) is 1.48. The van der Waals surface area contributed by atoms with E-state index >= 15 is 0 Å². The second-order valence-electron chi connectivity index (χ2n) is 4.33. The third-order valence-corrected chi connectivity index (χ3v) is 2.61. The van der Waals surface area contributed by atoms with Crippen LogP contribution in [0.5, 0.6) is 0 Å². The lowest BCUT2D eigenvalue weighted by Crippen LogP contribution is -2.16. The minimum Gasteiger partial charge on any atom is -0.405 e. The van der Waals surface area contributed by atoms with E-state index in [0.29, 0.717) is 5.56 Å². The third-order valence-electron chi connectivity index (χ3n) is 2.61. The van der Waals surface area contributed by atoms with Gasteiger partial charge in [0.05, 0.1) is 5.56 Å². The van der Waals surface area contributed by atoms with Gasteiger partial charge in [0, 0.05) is 7.11 Å². The average molecular weight is 279 g/mol. The number of ether oxygens (including phenoxy) is 1. The van der Waals surface area contributed by atoms with Gasteiger partial charge in [-0.3, -0.25) is 10.1 Å². The van der Waals surface area contributed by atoms with Crippen LogP contribution in [0.3, 0.4) is 0 Å². The van der Waals surface area contributed by atoms with E-state index in [1.54, 1.807) is 19.9 Å². The van der Waals surface area contributed by atoms with Gasteiger partial charge >= 0.3 is 6.01 Å². The zero-order chi connectivity index (χ0) is 14.7. The highest BCUT2D eigenvalue weighted by atomic mass is 19.1. The fourth-order valence-corrected chi connectivity index (χ4v) is 1.85. The van der Waals surface area contributed by atoms with Gasteiger partial charge in [-0.1, -0.05) is 11.2 Å². The van der Waals surface area contributed by atoms with Gasteiger partial charge in [0.15, 0.2) is 0 Å². The Bertz CT molecular complexity index is 617. The molecule has 1 heterocycles. The smallest absolute Gasteiger partial charge is 0.322 e. The summed E-state index contributed by atoms with van der Waals surface area (Å²) >= 11 is 0. The molecule has 0 atom stereocenters. The lowest BCUT2D eigenvalue weighted by Gasteiger charge is -2.07. The summed E-state index contributed by atoms with van der Waals surface area (Å²) in [6.07, 6.45) is 0. The second kappa shape index (κ2) is 5.79. The van der Waals surface area contributed by atoms with Crippen molar-refractivity contribution in [1.82, 2.24) is 10.2 Å². The molecule has 1 aromatic heterocycles. The summed E-state index contributed by atoms with van der Waals surface area (Å²) in [6.45, 7) is 3.56. The summed E-state index contributed by atoms with van der Waals surface area (Å²) in [5.41, 5.74) is 1.25. The highest BCUT2D eigenvalue weighted by Gasteiger charge is 2.18. The molecule has 0 bridgehead atoms. The number of hydrogen-bond acceptors (Lipinski definition) is 5. The van der Waals surface area contributed by atoms with Crippen LogP contribution in [0.15, 0.2) is 16.5 Å². The number of aryl methyl sites for hydroxylation is 2. The Hall–Kier alpha value is -2.28. The van der Waals surface area contributed by atoms with Crippen molar-refractivity contribution in [1.29, 1.82) is 0 Å². The van der Waals surface area contributed by atoms with Gasteiger partial charge in [0.2, 0.25) is 5.89 Å². The van der Waals surface area contributed by atoms with Crippen LogP contribution in [-0.2, 0) is 11.3 Å². The maximum absolute atomic E-state index is 13.8. The van der Waals surface area contributed by atoms with Crippen LogP contribution in [-0.4, -0.2) is 23.2 Å². The number of aromatic nitrogens is 2. The van der Waals surface area contributed by atoms with Crippen molar-refractivity contribution in [2.75, 3.05) is 12.4 Å². The quantitative estimate of drug-likeness (QED) is 0.928. The molecule has 106 valence electrons. The van der Waals surface area contributed by atoms with E-state index in [0.717, 1.165) is 5.56 Å². The van der Waals surface area contributed by atoms with Crippen LogP contribution in [0.25, 0.3) is 0 Å². The predicted octanol–water partition coefficient (Wildman–Crippen LogP) is 2.22. The first kappa shape index (κ1) is 14.1. The average Bonchev–Trinajstić information content (AvgIpc) is 2.75. The Balaban J connectivity index is 2.19. The van der Waals surface area contributed by atoms with Crippen LogP contribution in [0.2, 0.25) is 0 Å². The summed E-state index contributed by atoms with van der Waals surface area (Å²) < 4.78 is 23.8. The Morgan fingerprint density at radius 3 is 2.80 bits per heavy atom. The van der Waals surface area contributed by atoms with E-state index in [1.807, 2.05) is 0 Å². The molecule has 1 amide bonds. The summed E-state index contributed by atoms with van der Waals surface area (Å²) in [5.74, 6) is -0.992. The molecule has 0 spiro atoms. The second-order valence-corrected chi connectivity index (χ2v) is 4.33. The van der Waals surface area contributed by atoms with E-state index < -0.39 is 11.7 Å². The van der Waals surface area contributed by atoms with Gasteiger partial charge in [-0.25, -0.2) is 4.39 Å². The van der Waals surface area contributed by atoms with Crippen LogP contribution < -0.4 is 5.32 Å². The van der Waals surface area contributed by atoms with Gasteiger partial charge in [-0.2, -0.15) is 0 Å². The van der Waals surface area contributed by atoms with Crippen molar-refractivity contribution in [3.05, 3.63) is 40.5 Å². The zero-order valence-electron chi connectivity index (χ0n) is 11.4. The molecule has 0 aliphatic carbocycles. The number of carbonyl (C=O) groups is 1. The molecule has 1 N–H and O–H groups in total. The fraction of sp³-hybridized carbons (Fsp3) is 0.308. The van der Waals surface area contributed by atoms with E-state index in [9.17, 15) is 9.18 Å². The molecular formula is C13H14FN3O3. The number of rotatable bonds is 4. The molecular weight excluding hydrogens is 265 g/mol. The lowest BCUT2D eigenvalue weighted by atomic mass is 10.0. The number of methoxy groups -OCH3 is 1. The van der Waals surface area contributed by atoms with Gasteiger partial charge in [-0.15, -0.1) is 5.10 Å². The van der Waals surface area contributed by atoms with Crippen molar-refractivity contribution < 1.29 is 18.3 Å². The maximum Gasteiger partial charge on any atom is 0.322 e. The van der Waals surface area contributed by atoms with E-state index in [1.165, 1.54) is 13.2 Å². The molecule has 0 unspecified atom stereocenters. The first-order valence-electron chi connectivity index (χ1n) is 5.90. The number of carbonyl (C=O) groups excluding carboxylic acids is 1. The number of benzene rings is 1. The van der Waals surface area contributed by atoms with Crippen molar-refractivity contribution in [3.63, 3.8) is 0 Å². The number of nitrogens with one attached hydrogen (secondary N) is 1. The molecule has 20 heavy (non-hydrogen) atoms. The molecule has 6 nitrogen and oxygen atoms in total. The Morgan fingerprint density at radius 1 is 1.40 bits per heavy atom. The lowest BCUT2D eigenvalue weighted by molar-refractivity contribution is 0.101. The number of anilines is 1. The summed E-state index contributed by atoms with van der Waals surface area (Å²) in [4.78, 5) is 12.0. The number of halogens is 1. The topological polar surface area (TPSA) is 77.3 Å². The van der Waals surface area contributed by atoms with Crippen LogP contribution >= 0.6 is 0 Å². The molecule has 7 heteroatoms. The monoisotopic (exact) mass is 279 g/mol. The number of amides is 1. The zero-order valence-corrected chi connectivity index (χ0v) is 11.4. The summed E-state index contributed by atoms with van der Waals surface area (Å²) in [6, 6.07) is 2.93. The van der Waals surface area contributed by atoms with Crippen LogP contribution in [0.1, 0.15) is 27.4 Å². The fourth-order valence-electron chi connectivity index (χ4n) is 1.85. The summed E-state index contributed by atoms with van der Waals surface area (Å²) in [5, 5.41) is 9.65. The van der Waals surface area contributed by atoms with E-state index in [-0.39, 0.29) is 24.1 Å². The normalized spacial score (nSPS) is 10.6. The van der Waals surface area contributed by atoms with Crippen molar-refractivity contribution in [2.24, 2.45) is 0 Å². The number of nitrogens with zero attached hydrogens (tertiary/aromatic N) is 2. The minimum absolute atomic E-state index is 0.0397. The Kier molecular flexibility index (Phi) is 4.09. The standard InChI is InChI=1S/C13H14FN3O3/c1-7-4-8(2)11(9(14)5-7)12(18)15-13-17-16-10(20-13)6-19-3/h4-5H,6H2,1-3H3,(H,15,17,18). The SMILES string of the molecule is COCc1nnc(NC(=O)c2c(C)cc(C)cc2F)o1. The van der Waals surface area contributed by atoms with Gasteiger partial charge in [-0.05, 0) is 31.0 Å². The highest BCUT2D eigenvalue weighted by molar-refractivity contribution is 6.04. The van der Waals surface area contributed by atoms with Crippen molar-refractivity contribution in [3.8, 4) is 0 Å². The largest absolute Gasteiger partial charge is 0.405 e. The van der Waals surface area contributed by atoms with Gasteiger partial charge in [0.25, 0.3) is 5.91 Å². The third kappa shape index (κ3) is 3.00. The molecule has 0 fully saturated rings. The van der Waals surface area contributed by atoms with Gasteiger partial charge in [0.1, 0.15) is 12.4 Å². The molecule has 0 aliphatic heterocycles. The van der Waals surface area contributed by atoms with E-state index in [2.05, 4.69) is 15.5 Å². The maximum atomic E-state index is 13.8. The Morgan fingerprint density at radius 2 is 2.15 bits per heavy atom. The molecule has 2 aromatic rings. The highest BCUT2D eigenvalue weighted by Crippen LogP contribution is 2.17. The predicted molar refractivity (Wildman–Crippen MR) is 68.8 cm³/mol. The van der Waals surface area contributed by atoms with Crippen molar-refractivity contribution >= 4 is 11.9 Å². The van der Waals surface area contributed by atoms with Gasteiger partial charge < -0.3 is 9.15 Å². The van der Waals surface area contributed by atoms with Crippen LogP contribution in [0.4, 0.5) is 10.4 Å². The minimum atomic E-state index is -0.632. The first-order chi connectivity index (χ1) is 9.51. The molecule has 0 saturated carbocycles. The molecule has 2 rings (SSSR count). The van der Waals surface area contributed by atoms with Crippen molar-refractivity contribution in [2.45, 2.75) is 20.5 Å². The molecule has 1 aromatic carbocycles. The molecule has 0 saturated heterocycles. The number of hydrogen-bond donors (Lipinski definition) is 1. The first-order valence-corrected chi connectivity index (χ1v) is 5.90. The molecule has 0 radical (unpaired) electrons. The van der Waals surface area contributed by atoms with Crippen LogP contribution in [0, 0.1) is 19.7 Å². The Labute approximate surface area is 115 Å². The molecule has 0 aliphatic rings.